The van der Waals surface area contributed by atoms with Gasteiger partial charge < -0.3 is 9.47 Å². The number of nitrogens with zero attached hydrogens (tertiary/aromatic N) is 3. The molecule has 7 nitrogen and oxygen atoms in total. The number of morpholine rings is 1. The summed E-state index contributed by atoms with van der Waals surface area (Å²) in [5, 5.41) is 4.24. The number of hydrogen-bond acceptors (Lipinski definition) is 5. The van der Waals surface area contributed by atoms with Gasteiger partial charge in [0.15, 0.2) is 0 Å². The highest BCUT2D eigenvalue weighted by molar-refractivity contribution is 7.89. The first kappa shape index (κ1) is 15.0. The molecule has 1 aromatic heterocycles. The summed E-state index contributed by atoms with van der Waals surface area (Å²) in [6.07, 6.45) is 0.671. The van der Waals surface area contributed by atoms with Crippen LogP contribution >= 0.6 is 0 Å². The molecule has 2 aliphatic rings. The third-order valence-electron chi connectivity index (χ3n) is 4.41. The highest BCUT2D eigenvalue weighted by Gasteiger charge is 2.50. The second-order valence-electron chi connectivity index (χ2n) is 5.78. The van der Waals surface area contributed by atoms with E-state index < -0.39 is 15.6 Å². The van der Waals surface area contributed by atoms with Crippen molar-refractivity contribution in [3.8, 4) is 0 Å². The summed E-state index contributed by atoms with van der Waals surface area (Å²) in [4.78, 5) is 0.318. The van der Waals surface area contributed by atoms with Crippen LogP contribution in [0.2, 0.25) is 0 Å². The van der Waals surface area contributed by atoms with Crippen LogP contribution in [0, 0.1) is 13.8 Å². The van der Waals surface area contributed by atoms with E-state index in [1.165, 1.54) is 0 Å². The molecule has 0 aromatic carbocycles. The number of ether oxygens (including phenoxy) is 2. The molecule has 2 fully saturated rings. The molecular weight excluding hydrogens is 294 g/mol. The molecule has 1 aromatic rings. The minimum absolute atomic E-state index is 0.318. The average molecular weight is 315 g/mol. The van der Waals surface area contributed by atoms with E-state index in [1.807, 2.05) is 0 Å². The van der Waals surface area contributed by atoms with Gasteiger partial charge in [-0.2, -0.15) is 9.40 Å². The topological polar surface area (TPSA) is 73.7 Å². The van der Waals surface area contributed by atoms with Crippen LogP contribution < -0.4 is 0 Å². The van der Waals surface area contributed by atoms with E-state index in [-0.39, 0.29) is 0 Å². The second-order valence-corrected chi connectivity index (χ2v) is 7.58. The Balaban J connectivity index is 2.08. The minimum atomic E-state index is -3.60. The van der Waals surface area contributed by atoms with Crippen molar-refractivity contribution in [1.82, 2.24) is 14.1 Å². The van der Waals surface area contributed by atoms with E-state index >= 15 is 0 Å². The maximum absolute atomic E-state index is 13.2. The third kappa shape index (κ3) is 2.21. The number of aromatic nitrogens is 2. The van der Waals surface area contributed by atoms with E-state index in [4.69, 9.17) is 9.47 Å². The number of rotatable bonds is 2. The van der Waals surface area contributed by atoms with Gasteiger partial charge in [-0.15, -0.1) is 0 Å². The predicted octanol–water partition coefficient (Wildman–Crippen LogP) is 0.217. The Morgan fingerprint density at radius 2 is 1.86 bits per heavy atom. The third-order valence-corrected chi connectivity index (χ3v) is 6.67. The molecule has 0 amide bonds. The van der Waals surface area contributed by atoms with Crippen molar-refractivity contribution in [2.45, 2.75) is 30.7 Å². The lowest BCUT2D eigenvalue weighted by molar-refractivity contribution is -0.0293. The van der Waals surface area contributed by atoms with Crippen molar-refractivity contribution >= 4 is 10.0 Å². The largest absolute Gasteiger partial charge is 0.379 e. The minimum Gasteiger partial charge on any atom is -0.379 e. The van der Waals surface area contributed by atoms with Gasteiger partial charge in [0.2, 0.25) is 10.0 Å². The van der Waals surface area contributed by atoms with Gasteiger partial charge in [0, 0.05) is 20.2 Å². The molecular formula is C13H21N3O4S. The average Bonchev–Trinajstić information content (AvgIpc) is 2.96. The highest BCUT2D eigenvalue weighted by Crippen LogP contribution is 2.35. The summed E-state index contributed by atoms with van der Waals surface area (Å²) in [6.45, 7) is 5.65. The predicted molar refractivity (Wildman–Crippen MR) is 75.6 cm³/mol. The monoisotopic (exact) mass is 315 g/mol. The van der Waals surface area contributed by atoms with E-state index in [9.17, 15) is 8.42 Å². The Kier molecular flexibility index (Phi) is 3.59. The van der Waals surface area contributed by atoms with Gasteiger partial charge >= 0.3 is 0 Å². The van der Waals surface area contributed by atoms with Gasteiger partial charge in [-0.3, -0.25) is 4.68 Å². The highest BCUT2D eigenvalue weighted by atomic mass is 32.2. The smallest absolute Gasteiger partial charge is 0.247 e. The van der Waals surface area contributed by atoms with E-state index in [0.29, 0.717) is 55.7 Å². The van der Waals surface area contributed by atoms with E-state index in [1.54, 1.807) is 29.9 Å². The lowest BCUT2D eigenvalue weighted by Crippen LogP contribution is -2.59. The van der Waals surface area contributed by atoms with Gasteiger partial charge in [0.25, 0.3) is 0 Å². The summed E-state index contributed by atoms with van der Waals surface area (Å²) in [6, 6.07) is 0. The van der Waals surface area contributed by atoms with E-state index in [2.05, 4.69) is 5.10 Å². The van der Waals surface area contributed by atoms with Crippen LogP contribution in [0.4, 0.5) is 0 Å². The molecule has 118 valence electrons. The molecule has 3 heterocycles. The van der Waals surface area contributed by atoms with Crippen molar-refractivity contribution in [1.29, 1.82) is 0 Å². The molecule has 0 radical (unpaired) electrons. The fourth-order valence-corrected chi connectivity index (χ4v) is 5.40. The molecule has 1 atom stereocenters. The van der Waals surface area contributed by atoms with E-state index in [0.717, 1.165) is 0 Å². The van der Waals surface area contributed by atoms with Crippen molar-refractivity contribution in [3.05, 3.63) is 11.4 Å². The van der Waals surface area contributed by atoms with Crippen molar-refractivity contribution in [2.75, 3.05) is 33.0 Å². The first-order chi connectivity index (χ1) is 9.88. The van der Waals surface area contributed by atoms with Crippen LogP contribution in [0.5, 0.6) is 0 Å². The summed E-state index contributed by atoms with van der Waals surface area (Å²) in [5.41, 5.74) is 0.634. The van der Waals surface area contributed by atoms with Crippen molar-refractivity contribution in [2.24, 2.45) is 7.05 Å². The lowest BCUT2D eigenvalue weighted by Gasteiger charge is -2.42. The Bertz CT molecular complexity index is 647. The fraction of sp³-hybridized carbons (Fsp3) is 0.769. The number of sulfonamides is 1. The maximum atomic E-state index is 13.2. The summed E-state index contributed by atoms with van der Waals surface area (Å²) < 4.78 is 40.5. The molecule has 2 saturated heterocycles. The van der Waals surface area contributed by atoms with Crippen LogP contribution in [-0.2, 0) is 26.5 Å². The lowest BCUT2D eigenvalue weighted by atomic mass is 9.99. The zero-order chi connectivity index (χ0) is 15.3. The van der Waals surface area contributed by atoms with Crippen molar-refractivity contribution < 1.29 is 17.9 Å². The molecule has 1 spiro atoms. The number of hydrogen-bond donors (Lipinski definition) is 0. The van der Waals surface area contributed by atoms with Crippen LogP contribution in [0.15, 0.2) is 4.90 Å². The quantitative estimate of drug-likeness (QED) is 0.780. The molecule has 2 aliphatic heterocycles. The summed E-state index contributed by atoms with van der Waals surface area (Å²) in [7, 11) is -1.85. The zero-order valence-electron chi connectivity index (χ0n) is 12.6. The van der Waals surface area contributed by atoms with Gasteiger partial charge in [0.05, 0.1) is 36.7 Å². The first-order valence-electron chi connectivity index (χ1n) is 7.07. The normalized spacial score (nSPS) is 27.6. The molecule has 0 N–H and O–H groups in total. The Labute approximate surface area is 124 Å². The Hall–Kier alpha value is -0.960. The molecule has 3 rings (SSSR count). The zero-order valence-corrected chi connectivity index (χ0v) is 13.4. The van der Waals surface area contributed by atoms with Gasteiger partial charge in [-0.1, -0.05) is 0 Å². The van der Waals surface area contributed by atoms with Gasteiger partial charge in [-0.25, -0.2) is 8.42 Å². The molecule has 0 aliphatic carbocycles. The molecule has 0 unspecified atom stereocenters. The maximum Gasteiger partial charge on any atom is 0.247 e. The van der Waals surface area contributed by atoms with Gasteiger partial charge in [-0.05, 0) is 20.3 Å². The van der Waals surface area contributed by atoms with Crippen LogP contribution in [0.1, 0.15) is 17.8 Å². The molecule has 21 heavy (non-hydrogen) atoms. The van der Waals surface area contributed by atoms with Crippen LogP contribution in [0.3, 0.4) is 0 Å². The SMILES string of the molecule is Cc1nn(C)c(C)c1S(=O)(=O)N1CCOC[C@@]12CCOC2. The second kappa shape index (κ2) is 5.05. The van der Waals surface area contributed by atoms with Crippen molar-refractivity contribution in [3.63, 3.8) is 0 Å². The summed E-state index contributed by atoms with van der Waals surface area (Å²) >= 11 is 0. The molecule has 0 saturated carbocycles. The van der Waals surface area contributed by atoms with Crippen LogP contribution in [0.25, 0.3) is 0 Å². The van der Waals surface area contributed by atoms with Gasteiger partial charge in [0.1, 0.15) is 4.90 Å². The summed E-state index contributed by atoms with van der Waals surface area (Å²) in [5.74, 6) is 0. The molecule has 0 bridgehead atoms. The first-order valence-corrected chi connectivity index (χ1v) is 8.51. The standard InChI is InChI=1S/C13H21N3O4S/c1-10-12(11(2)15(3)14-10)21(17,18)16-5-7-20-9-13(16)4-6-19-8-13/h4-9H2,1-3H3/t13-/m0/s1. The Morgan fingerprint density at radius 1 is 1.19 bits per heavy atom. The Morgan fingerprint density at radius 3 is 2.38 bits per heavy atom. The molecule has 8 heteroatoms. The fourth-order valence-electron chi connectivity index (χ4n) is 3.24. The van der Waals surface area contributed by atoms with Crippen LogP contribution in [-0.4, -0.2) is 61.0 Å². The number of aryl methyl sites for hydroxylation is 2.